The lowest BCUT2D eigenvalue weighted by Gasteiger charge is -2.18. The topological polar surface area (TPSA) is 61.4 Å². The van der Waals surface area contributed by atoms with E-state index in [4.69, 9.17) is 0 Å². The zero-order valence-electron chi connectivity index (χ0n) is 16.9. The summed E-state index contributed by atoms with van der Waals surface area (Å²) >= 11 is 0. The SMILES string of the molecule is CCN(CC)CCNC(=O)c1ccc(NC(=O)CCCc2ccccc2)cc1. The molecule has 0 aliphatic rings. The summed E-state index contributed by atoms with van der Waals surface area (Å²) in [5.74, 6) is -0.0970. The van der Waals surface area contributed by atoms with Crippen molar-refractivity contribution in [3.05, 3.63) is 65.7 Å². The zero-order valence-corrected chi connectivity index (χ0v) is 16.9. The van der Waals surface area contributed by atoms with Crippen molar-refractivity contribution < 1.29 is 9.59 Å². The first-order chi connectivity index (χ1) is 13.6. The van der Waals surface area contributed by atoms with Crippen molar-refractivity contribution in [3.63, 3.8) is 0 Å². The molecule has 0 atom stereocenters. The molecule has 2 amide bonds. The second kappa shape index (κ2) is 11.9. The van der Waals surface area contributed by atoms with E-state index in [9.17, 15) is 9.59 Å². The molecule has 0 aromatic heterocycles. The van der Waals surface area contributed by atoms with Gasteiger partial charge in [0.15, 0.2) is 0 Å². The summed E-state index contributed by atoms with van der Waals surface area (Å²) in [7, 11) is 0. The smallest absolute Gasteiger partial charge is 0.251 e. The second-order valence-electron chi connectivity index (χ2n) is 6.75. The van der Waals surface area contributed by atoms with E-state index in [-0.39, 0.29) is 11.8 Å². The first kappa shape index (κ1) is 21.6. The summed E-state index contributed by atoms with van der Waals surface area (Å²) in [6.45, 7) is 7.65. The Morgan fingerprint density at radius 1 is 0.929 bits per heavy atom. The van der Waals surface area contributed by atoms with Gasteiger partial charge in [0.1, 0.15) is 0 Å². The Kier molecular flexibility index (Phi) is 9.22. The summed E-state index contributed by atoms with van der Waals surface area (Å²) in [4.78, 5) is 26.5. The van der Waals surface area contributed by atoms with Crippen molar-refractivity contribution >= 4 is 17.5 Å². The van der Waals surface area contributed by atoms with Crippen LogP contribution in [0.25, 0.3) is 0 Å². The van der Waals surface area contributed by atoms with Gasteiger partial charge in [0.2, 0.25) is 5.91 Å². The lowest BCUT2D eigenvalue weighted by atomic mass is 10.1. The number of amides is 2. The van der Waals surface area contributed by atoms with Gasteiger partial charge in [-0.1, -0.05) is 44.2 Å². The number of nitrogens with one attached hydrogen (secondary N) is 2. The van der Waals surface area contributed by atoms with E-state index in [0.29, 0.717) is 24.2 Å². The van der Waals surface area contributed by atoms with Crippen LogP contribution in [-0.2, 0) is 11.2 Å². The van der Waals surface area contributed by atoms with Crippen LogP contribution in [0.5, 0.6) is 0 Å². The van der Waals surface area contributed by atoms with E-state index in [1.54, 1.807) is 24.3 Å². The third-order valence-corrected chi connectivity index (χ3v) is 4.75. The normalized spacial score (nSPS) is 10.7. The number of hydrogen-bond acceptors (Lipinski definition) is 3. The minimum atomic E-state index is -0.0899. The zero-order chi connectivity index (χ0) is 20.2. The van der Waals surface area contributed by atoms with Crippen LogP contribution in [0.2, 0.25) is 0 Å². The fourth-order valence-corrected chi connectivity index (χ4v) is 3.00. The van der Waals surface area contributed by atoms with Crippen LogP contribution < -0.4 is 10.6 Å². The maximum Gasteiger partial charge on any atom is 0.251 e. The largest absolute Gasteiger partial charge is 0.351 e. The Morgan fingerprint density at radius 3 is 2.25 bits per heavy atom. The van der Waals surface area contributed by atoms with Crippen molar-refractivity contribution in [2.45, 2.75) is 33.1 Å². The molecular formula is C23H31N3O2. The minimum absolute atomic E-state index is 0.00708. The molecule has 2 aromatic carbocycles. The highest BCUT2D eigenvalue weighted by Gasteiger charge is 2.07. The summed E-state index contributed by atoms with van der Waals surface area (Å²) in [5.41, 5.74) is 2.55. The number of benzene rings is 2. The van der Waals surface area contributed by atoms with Crippen LogP contribution in [0, 0.1) is 0 Å². The standard InChI is InChI=1S/C23H31N3O2/c1-3-26(4-2)18-17-24-23(28)20-13-15-21(16-14-20)25-22(27)12-8-11-19-9-6-5-7-10-19/h5-7,9-10,13-16H,3-4,8,11-12,17-18H2,1-2H3,(H,24,28)(H,25,27). The summed E-state index contributed by atoms with van der Waals surface area (Å²) in [6.07, 6.45) is 2.17. The molecular weight excluding hydrogens is 350 g/mol. The average molecular weight is 382 g/mol. The molecule has 2 aromatic rings. The van der Waals surface area contributed by atoms with Gasteiger partial charge in [-0.05, 0) is 55.8 Å². The third-order valence-electron chi connectivity index (χ3n) is 4.75. The first-order valence-corrected chi connectivity index (χ1v) is 10.1. The van der Waals surface area contributed by atoms with Crippen molar-refractivity contribution in [2.24, 2.45) is 0 Å². The maximum absolute atomic E-state index is 12.2. The van der Waals surface area contributed by atoms with Gasteiger partial charge in [-0.25, -0.2) is 0 Å². The van der Waals surface area contributed by atoms with Gasteiger partial charge < -0.3 is 15.5 Å². The van der Waals surface area contributed by atoms with Gasteiger partial charge in [0.05, 0.1) is 0 Å². The Balaban J connectivity index is 1.72. The Bertz CT molecular complexity index is 725. The van der Waals surface area contributed by atoms with Gasteiger partial charge in [-0.2, -0.15) is 0 Å². The Hall–Kier alpha value is -2.66. The number of anilines is 1. The lowest BCUT2D eigenvalue weighted by Crippen LogP contribution is -2.34. The second-order valence-corrected chi connectivity index (χ2v) is 6.75. The molecule has 5 nitrogen and oxygen atoms in total. The Labute approximate surface area is 168 Å². The van der Waals surface area contributed by atoms with E-state index in [2.05, 4.69) is 41.5 Å². The Morgan fingerprint density at radius 2 is 1.61 bits per heavy atom. The molecule has 0 saturated heterocycles. The highest BCUT2D eigenvalue weighted by atomic mass is 16.2. The van der Waals surface area contributed by atoms with Crippen LogP contribution >= 0.6 is 0 Å². The molecule has 5 heteroatoms. The molecule has 0 heterocycles. The van der Waals surface area contributed by atoms with Crippen molar-refractivity contribution in [2.75, 3.05) is 31.5 Å². The van der Waals surface area contributed by atoms with E-state index in [0.717, 1.165) is 32.5 Å². The number of carbonyl (C=O) groups excluding carboxylic acids is 2. The summed E-state index contributed by atoms with van der Waals surface area (Å²) < 4.78 is 0. The van der Waals surface area contributed by atoms with E-state index in [1.165, 1.54) is 5.56 Å². The molecule has 0 saturated carbocycles. The number of carbonyl (C=O) groups is 2. The molecule has 0 unspecified atom stereocenters. The third kappa shape index (κ3) is 7.53. The number of nitrogens with zero attached hydrogens (tertiary/aromatic N) is 1. The molecule has 0 spiro atoms. The minimum Gasteiger partial charge on any atom is -0.351 e. The quantitative estimate of drug-likeness (QED) is 0.624. The number of aryl methyl sites for hydroxylation is 1. The predicted molar refractivity (Wildman–Crippen MR) is 115 cm³/mol. The number of rotatable bonds is 11. The highest BCUT2D eigenvalue weighted by Crippen LogP contribution is 2.11. The van der Waals surface area contributed by atoms with Crippen LogP contribution in [0.1, 0.15) is 42.6 Å². The van der Waals surface area contributed by atoms with Gasteiger partial charge in [-0.15, -0.1) is 0 Å². The van der Waals surface area contributed by atoms with Crippen molar-refractivity contribution in [3.8, 4) is 0 Å². The van der Waals surface area contributed by atoms with E-state index in [1.807, 2.05) is 18.2 Å². The fraction of sp³-hybridized carbons (Fsp3) is 0.391. The van der Waals surface area contributed by atoms with Gasteiger partial charge in [0, 0.05) is 30.8 Å². The average Bonchev–Trinajstić information content (AvgIpc) is 2.72. The molecule has 0 fully saturated rings. The number of hydrogen-bond donors (Lipinski definition) is 2. The van der Waals surface area contributed by atoms with Crippen molar-refractivity contribution in [1.29, 1.82) is 0 Å². The van der Waals surface area contributed by atoms with E-state index >= 15 is 0 Å². The van der Waals surface area contributed by atoms with Crippen LogP contribution in [0.3, 0.4) is 0 Å². The fourth-order valence-electron chi connectivity index (χ4n) is 3.00. The lowest BCUT2D eigenvalue weighted by molar-refractivity contribution is -0.116. The van der Waals surface area contributed by atoms with Crippen LogP contribution in [0.4, 0.5) is 5.69 Å². The van der Waals surface area contributed by atoms with E-state index < -0.39 is 0 Å². The molecule has 0 bridgehead atoms. The van der Waals surface area contributed by atoms with Crippen molar-refractivity contribution in [1.82, 2.24) is 10.2 Å². The highest BCUT2D eigenvalue weighted by molar-refractivity contribution is 5.95. The summed E-state index contributed by atoms with van der Waals surface area (Å²) in [6, 6.07) is 17.2. The van der Waals surface area contributed by atoms with Crippen LogP contribution in [0.15, 0.2) is 54.6 Å². The molecule has 0 radical (unpaired) electrons. The molecule has 2 N–H and O–H groups in total. The van der Waals surface area contributed by atoms with Gasteiger partial charge >= 0.3 is 0 Å². The molecule has 150 valence electrons. The molecule has 28 heavy (non-hydrogen) atoms. The van der Waals surface area contributed by atoms with Gasteiger partial charge in [-0.3, -0.25) is 9.59 Å². The first-order valence-electron chi connectivity index (χ1n) is 10.1. The number of likely N-dealkylation sites (N-methyl/N-ethyl adjacent to an activating group) is 1. The van der Waals surface area contributed by atoms with Gasteiger partial charge in [0.25, 0.3) is 5.91 Å². The monoisotopic (exact) mass is 381 g/mol. The molecule has 0 aliphatic heterocycles. The van der Waals surface area contributed by atoms with Crippen LogP contribution in [-0.4, -0.2) is 42.9 Å². The summed E-state index contributed by atoms with van der Waals surface area (Å²) in [5, 5.41) is 5.82. The maximum atomic E-state index is 12.2. The molecule has 2 rings (SSSR count). The molecule has 0 aliphatic carbocycles. The predicted octanol–water partition coefficient (Wildman–Crippen LogP) is 3.72.